The molecule has 5 heteroatoms. The Hall–Kier alpha value is -1.23. The Labute approximate surface area is 157 Å². The summed E-state index contributed by atoms with van der Waals surface area (Å²) in [4.78, 5) is 12.0. The Morgan fingerprint density at radius 1 is 1.20 bits per heavy atom. The van der Waals surface area contributed by atoms with Crippen LogP contribution in [-0.4, -0.2) is 25.3 Å². The highest BCUT2D eigenvalue weighted by Crippen LogP contribution is 2.66. The van der Waals surface area contributed by atoms with Crippen molar-refractivity contribution in [3.63, 3.8) is 0 Å². The topological polar surface area (TPSA) is 55.8 Å². The molecule has 5 rings (SSSR count). The fourth-order valence-corrected chi connectivity index (χ4v) is 7.07. The Balaban J connectivity index is 1.67. The first kappa shape index (κ1) is 17.2. The van der Waals surface area contributed by atoms with Crippen molar-refractivity contribution >= 4 is 21.9 Å². The van der Waals surface area contributed by atoms with Crippen LogP contribution in [0.3, 0.4) is 0 Å². The smallest absolute Gasteiger partial charge is 0.309 e. The second-order valence-corrected chi connectivity index (χ2v) is 9.39. The van der Waals surface area contributed by atoms with Gasteiger partial charge in [0.05, 0.1) is 24.1 Å². The van der Waals surface area contributed by atoms with Crippen LogP contribution in [-0.2, 0) is 11.2 Å². The van der Waals surface area contributed by atoms with Crippen molar-refractivity contribution in [2.24, 2.45) is 22.7 Å². The van der Waals surface area contributed by atoms with Gasteiger partial charge in [0.1, 0.15) is 0 Å². The molecule has 0 aliphatic heterocycles. The third-order valence-corrected chi connectivity index (χ3v) is 7.30. The van der Waals surface area contributed by atoms with E-state index in [4.69, 9.17) is 9.47 Å². The summed E-state index contributed by atoms with van der Waals surface area (Å²) in [6.45, 7) is 0. The van der Waals surface area contributed by atoms with Crippen molar-refractivity contribution in [1.82, 2.24) is 0 Å². The van der Waals surface area contributed by atoms with Crippen LogP contribution >= 0.6 is 15.9 Å². The molecule has 1 aromatic rings. The van der Waals surface area contributed by atoms with E-state index in [0.29, 0.717) is 17.6 Å². The van der Waals surface area contributed by atoms with Gasteiger partial charge >= 0.3 is 5.97 Å². The van der Waals surface area contributed by atoms with Gasteiger partial charge in [0, 0.05) is 0 Å². The lowest BCUT2D eigenvalue weighted by molar-refractivity contribution is -0.174. The van der Waals surface area contributed by atoms with E-state index in [0.717, 1.165) is 35.9 Å². The first-order valence-electron chi connectivity index (χ1n) is 9.02. The molecule has 0 aromatic heterocycles. The summed E-state index contributed by atoms with van der Waals surface area (Å²) >= 11 is 3.58. The van der Waals surface area contributed by atoms with Crippen LogP contribution in [0.15, 0.2) is 16.6 Å². The maximum absolute atomic E-state index is 12.0. The van der Waals surface area contributed by atoms with E-state index in [9.17, 15) is 9.90 Å². The van der Waals surface area contributed by atoms with Crippen LogP contribution in [0.5, 0.6) is 11.5 Å². The second-order valence-electron chi connectivity index (χ2n) is 8.54. The van der Waals surface area contributed by atoms with Gasteiger partial charge < -0.3 is 14.6 Å². The van der Waals surface area contributed by atoms with Crippen LogP contribution < -0.4 is 9.47 Å². The normalized spacial score (nSPS) is 35.6. The average molecular weight is 409 g/mol. The van der Waals surface area contributed by atoms with Gasteiger partial charge in [0.15, 0.2) is 11.5 Å². The zero-order valence-corrected chi connectivity index (χ0v) is 16.4. The fourth-order valence-electron chi connectivity index (χ4n) is 6.42. The van der Waals surface area contributed by atoms with E-state index >= 15 is 0 Å². The van der Waals surface area contributed by atoms with Gasteiger partial charge in [-0.2, -0.15) is 0 Å². The monoisotopic (exact) mass is 408 g/mol. The Morgan fingerprint density at radius 2 is 1.88 bits per heavy atom. The number of methoxy groups -OCH3 is 2. The third kappa shape index (κ3) is 2.75. The number of hydrogen-bond acceptors (Lipinski definition) is 3. The second kappa shape index (κ2) is 5.90. The summed E-state index contributed by atoms with van der Waals surface area (Å²) in [5, 5.41) is 9.91. The number of benzene rings is 1. The summed E-state index contributed by atoms with van der Waals surface area (Å²) in [7, 11) is 3.29. The van der Waals surface area contributed by atoms with E-state index in [1.165, 1.54) is 24.8 Å². The zero-order chi connectivity index (χ0) is 17.8. The molecule has 25 heavy (non-hydrogen) atoms. The van der Waals surface area contributed by atoms with Crippen molar-refractivity contribution in [2.45, 2.75) is 44.9 Å². The average Bonchev–Trinajstić information content (AvgIpc) is 2.52. The van der Waals surface area contributed by atoms with Gasteiger partial charge in [-0.1, -0.05) is 0 Å². The molecule has 0 saturated heterocycles. The van der Waals surface area contributed by atoms with Gasteiger partial charge in [-0.25, -0.2) is 0 Å². The molecular weight excluding hydrogens is 384 g/mol. The molecule has 4 saturated carbocycles. The number of rotatable bonds is 5. The molecule has 0 amide bonds. The van der Waals surface area contributed by atoms with E-state index < -0.39 is 11.4 Å². The molecule has 1 N–H and O–H groups in total. The summed E-state index contributed by atoms with van der Waals surface area (Å²) in [6.07, 6.45) is 7.09. The molecule has 0 radical (unpaired) electrons. The van der Waals surface area contributed by atoms with Crippen LogP contribution in [0.4, 0.5) is 0 Å². The van der Waals surface area contributed by atoms with E-state index in [1.807, 2.05) is 0 Å². The van der Waals surface area contributed by atoms with Crippen molar-refractivity contribution in [3.8, 4) is 11.5 Å². The van der Waals surface area contributed by atoms with Crippen molar-refractivity contribution in [1.29, 1.82) is 0 Å². The highest BCUT2D eigenvalue weighted by molar-refractivity contribution is 9.10. The number of carboxylic acids is 1. The molecule has 0 heterocycles. The summed E-state index contributed by atoms with van der Waals surface area (Å²) in [6, 6.07) is 4.16. The number of ether oxygens (including phenoxy) is 2. The Kier molecular flexibility index (Phi) is 4.06. The molecule has 2 unspecified atom stereocenters. The lowest BCUT2D eigenvalue weighted by Crippen LogP contribution is -2.55. The Morgan fingerprint density at radius 3 is 2.44 bits per heavy atom. The summed E-state index contributed by atoms with van der Waals surface area (Å²) in [5.41, 5.74) is 0.853. The minimum absolute atomic E-state index is 0.127. The van der Waals surface area contributed by atoms with Crippen molar-refractivity contribution < 1.29 is 19.4 Å². The number of halogens is 1. The van der Waals surface area contributed by atoms with E-state index in [-0.39, 0.29) is 5.41 Å². The molecule has 2 atom stereocenters. The van der Waals surface area contributed by atoms with Crippen LogP contribution in [0.25, 0.3) is 0 Å². The lowest BCUT2D eigenvalue weighted by Gasteiger charge is -2.60. The molecule has 4 bridgehead atoms. The van der Waals surface area contributed by atoms with Crippen LogP contribution in [0.1, 0.15) is 44.1 Å². The number of carbonyl (C=O) groups is 1. The van der Waals surface area contributed by atoms with E-state index in [1.54, 1.807) is 14.2 Å². The highest BCUT2D eigenvalue weighted by Gasteiger charge is 2.60. The minimum Gasteiger partial charge on any atom is -0.493 e. The third-order valence-electron chi connectivity index (χ3n) is 6.71. The molecular formula is C20H25BrO4. The molecule has 4 nitrogen and oxygen atoms in total. The van der Waals surface area contributed by atoms with Crippen LogP contribution in [0, 0.1) is 22.7 Å². The van der Waals surface area contributed by atoms with Crippen LogP contribution in [0.2, 0.25) is 0 Å². The fraction of sp³-hybridized carbons (Fsp3) is 0.650. The van der Waals surface area contributed by atoms with Gasteiger partial charge in [-0.3, -0.25) is 4.79 Å². The molecule has 1 aromatic carbocycles. The van der Waals surface area contributed by atoms with Gasteiger partial charge in [-0.05, 0) is 95.8 Å². The maximum Gasteiger partial charge on any atom is 0.309 e. The summed E-state index contributed by atoms with van der Waals surface area (Å²) in [5.74, 6) is 2.03. The molecule has 4 aliphatic rings. The zero-order valence-electron chi connectivity index (χ0n) is 14.8. The van der Waals surface area contributed by atoms with Gasteiger partial charge in [-0.15, -0.1) is 0 Å². The summed E-state index contributed by atoms with van der Waals surface area (Å²) < 4.78 is 11.8. The first-order chi connectivity index (χ1) is 11.9. The van der Waals surface area contributed by atoms with Crippen molar-refractivity contribution in [3.05, 3.63) is 22.2 Å². The largest absolute Gasteiger partial charge is 0.493 e. The molecule has 136 valence electrons. The lowest BCUT2D eigenvalue weighted by atomic mass is 9.43. The van der Waals surface area contributed by atoms with Gasteiger partial charge in [0.25, 0.3) is 0 Å². The SMILES string of the molecule is COc1cc(CC23CC4CC(C2)CC(C(=O)O)(C4)C3)cc(Br)c1OC. The first-order valence-corrected chi connectivity index (χ1v) is 9.82. The number of carboxylic acid groups (broad SMARTS) is 1. The molecule has 4 aliphatic carbocycles. The maximum atomic E-state index is 12.0. The number of aliphatic carboxylic acids is 1. The quantitative estimate of drug-likeness (QED) is 0.767. The predicted octanol–water partition coefficient (Wildman–Crippen LogP) is 4.68. The minimum atomic E-state index is -0.570. The van der Waals surface area contributed by atoms with E-state index in [2.05, 4.69) is 28.1 Å². The standard InChI is InChI=1S/C20H25BrO4/c1-24-16-5-12(4-15(21)17(16)25-2)6-19-7-13-3-14(8-19)10-20(9-13,11-19)18(22)23/h4-5,13-14H,3,6-11H2,1-2H3,(H,22,23). The highest BCUT2D eigenvalue weighted by atomic mass is 79.9. The predicted molar refractivity (Wildman–Crippen MR) is 98.1 cm³/mol. The van der Waals surface area contributed by atoms with Gasteiger partial charge in [0.2, 0.25) is 0 Å². The number of hydrogen-bond donors (Lipinski definition) is 1. The molecule has 4 fully saturated rings. The molecule has 0 spiro atoms. The van der Waals surface area contributed by atoms with Crippen molar-refractivity contribution in [2.75, 3.05) is 14.2 Å². The Bertz CT molecular complexity index is 700.